The molecule has 0 aromatic heterocycles. The number of carbonyl (C=O) groups excluding carboxylic acids is 1. The quantitative estimate of drug-likeness (QED) is 0.775. The molecule has 1 aliphatic heterocycles. The zero-order valence-corrected chi connectivity index (χ0v) is 14.2. The van der Waals surface area contributed by atoms with Crippen molar-refractivity contribution in [1.29, 1.82) is 0 Å². The van der Waals surface area contributed by atoms with Crippen LogP contribution in [0.25, 0.3) is 11.1 Å². The van der Waals surface area contributed by atoms with Crippen molar-refractivity contribution in [2.24, 2.45) is 0 Å². The Hall–Kier alpha value is -2.49. The van der Waals surface area contributed by atoms with Crippen LogP contribution < -0.4 is 9.64 Å². The lowest BCUT2D eigenvalue weighted by molar-refractivity contribution is 0.0527. The molecule has 0 unspecified atom stereocenters. The molecule has 0 bridgehead atoms. The summed E-state index contributed by atoms with van der Waals surface area (Å²) >= 11 is 0. The Balaban J connectivity index is 2.03. The summed E-state index contributed by atoms with van der Waals surface area (Å²) in [6.45, 7) is 4.33. The number of esters is 1. The summed E-state index contributed by atoms with van der Waals surface area (Å²) in [5.41, 5.74) is 3.65. The van der Waals surface area contributed by atoms with Gasteiger partial charge in [0.1, 0.15) is 5.75 Å². The van der Waals surface area contributed by atoms with Gasteiger partial charge in [0.25, 0.3) is 0 Å². The van der Waals surface area contributed by atoms with E-state index in [4.69, 9.17) is 9.47 Å². The fraction of sp³-hybridized carbons (Fsp3) is 0.350. The third-order valence-corrected chi connectivity index (χ3v) is 4.37. The second-order valence-electron chi connectivity index (χ2n) is 5.87. The van der Waals surface area contributed by atoms with Crippen molar-refractivity contribution in [2.45, 2.75) is 19.8 Å². The Labute approximate surface area is 143 Å². The van der Waals surface area contributed by atoms with Crippen LogP contribution in [0, 0.1) is 0 Å². The van der Waals surface area contributed by atoms with Crippen molar-refractivity contribution < 1.29 is 14.3 Å². The molecular weight excluding hydrogens is 302 g/mol. The predicted octanol–water partition coefficient (Wildman–Crippen LogP) is 4.14. The fourth-order valence-electron chi connectivity index (χ4n) is 3.10. The number of hydrogen-bond donors (Lipinski definition) is 0. The molecule has 0 aliphatic carbocycles. The highest BCUT2D eigenvalue weighted by Crippen LogP contribution is 2.31. The highest BCUT2D eigenvalue weighted by molar-refractivity contribution is 5.98. The van der Waals surface area contributed by atoms with Gasteiger partial charge in [-0.15, -0.1) is 0 Å². The summed E-state index contributed by atoms with van der Waals surface area (Å²) in [4.78, 5) is 14.7. The van der Waals surface area contributed by atoms with Crippen molar-refractivity contribution >= 4 is 11.7 Å². The summed E-state index contributed by atoms with van der Waals surface area (Å²) in [6, 6.07) is 13.8. The van der Waals surface area contributed by atoms with Crippen molar-refractivity contribution in [3.05, 3.63) is 48.0 Å². The van der Waals surface area contributed by atoms with Crippen molar-refractivity contribution in [3.8, 4) is 16.9 Å². The number of benzene rings is 2. The normalized spacial score (nSPS) is 13.8. The average molecular weight is 325 g/mol. The number of rotatable bonds is 5. The van der Waals surface area contributed by atoms with Crippen LogP contribution in [0.2, 0.25) is 0 Å². The highest BCUT2D eigenvalue weighted by Gasteiger charge is 2.18. The molecule has 126 valence electrons. The third-order valence-electron chi connectivity index (χ3n) is 4.37. The summed E-state index contributed by atoms with van der Waals surface area (Å²) in [5.74, 6) is 0.517. The maximum atomic E-state index is 12.3. The summed E-state index contributed by atoms with van der Waals surface area (Å²) in [5, 5.41) is 0. The number of anilines is 1. The molecule has 0 amide bonds. The zero-order chi connectivity index (χ0) is 16.9. The molecule has 4 heteroatoms. The monoisotopic (exact) mass is 325 g/mol. The second kappa shape index (κ2) is 7.39. The fourth-order valence-corrected chi connectivity index (χ4v) is 3.10. The van der Waals surface area contributed by atoms with Crippen LogP contribution in [0.5, 0.6) is 5.75 Å². The van der Waals surface area contributed by atoms with E-state index in [1.54, 1.807) is 7.11 Å². The molecule has 1 aliphatic rings. The Kier molecular flexibility index (Phi) is 5.04. The van der Waals surface area contributed by atoms with Crippen LogP contribution in [0.3, 0.4) is 0 Å². The van der Waals surface area contributed by atoms with E-state index in [1.165, 1.54) is 12.8 Å². The summed E-state index contributed by atoms with van der Waals surface area (Å²) < 4.78 is 10.4. The molecule has 24 heavy (non-hydrogen) atoms. The largest absolute Gasteiger partial charge is 0.497 e. The number of hydrogen-bond acceptors (Lipinski definition) is 4. The maximum absolute atomic E-state index is 12.3. The van der Waals surface area contributed by atoms with Crippen LogP contribution in [0.1, 0.15) is 30.1 Å². The Morgan fingerprint density at radius 2 is 1.79 bits per heavy atom. The first-order chi connectivity index (χ1) is 11.7. The van der Waals surface area contributed by atoms with Gasteiger partial charge in [0.2, 0.25) is 0 Å². The molecule has 3 rings (SSSR count). The van der Waals surface area contributed by atoms with Crippen LogP contribution in [0.4, 0.5) is 5.69 Å². The zero-order valence-electron chi connectivity index (χ0n) is 14.2. The van der Waals surface area contributed by atoms with Crippen molar-refractivity contribution in [1.82, 2.24) is 0 Å². The SMILES string of the molecule is CCOC(=O)c1ccc(N2CCCC2)cc1-c1ccc(OC)cc1. The molecule has 0 saturated carbocycles. The molecule has 1 heterocycles. The molecular formula is C20H23NO3. The Bertz CT molecular complexity index is 703. The van der Waals surface area contributed by atoms with Crippen LogP contribution in [-0.4, -0.2) is 32.8 Å². The van der Waals surface area contributed by atoms with Gasteiger partial charge in [0.15, 0.2) is 0 Å². The summed E-state index contributed by atoms with van der Waals surface area (Å²) in [6.07, 6.45) is 2.44. The molecule has 1 saturated heterocycles. The van der Waals surface area contributed by atoms with E-state index in [9.17, 15) is 4.79 Å². The summed E-state index contributed by atoms with van der Waals surface area (Å²) in [7, 11) is 1.65. The lowest BCUT2D eigenvalue weighted by Gasteiger charge is -2.20. The smallest absolute Gasteiger partial charge is 0.338 e. The van der Waals surface area contributed by atoms with Gasteiger partial charge in [-0.05, 0) is 61.2 Å². The molecule has 0 spiro atoms. The van der Waals surface area contributed by atoms with E-state index < -0.39 is 0 Å². The first kappa shape index (κ1) is 16.4. The molecule has 2 aromatic carbocycles. The predicted molar refractivity (Wildman–Crippen MR) is 95.8 cm³/mol. The van der Waals surface area contributed by atoms with Gasteiger partial charge >= 0.3 is 5.97 Å². The molecule has 1 fully saturated rings. The highest BCUT2D eigenvalue weighted by atomic mass is 16.5. The lowest BCUT2D eigenvalue weighted by atomic mass is 9.98. The molecule has 0 atom stereocenters. The maximum Gasteiger partial charge on any atom is 0.338 e. The average Bonchev–Trinajstić information content (AvgIpc) is 3.16. The first-order valence-electron chi connectivity index (χ1n) is 8.43. The molecule has 0 N–H and O–H groups in total. The van der Waals surface area contributed by atoms with Crippen LogP contribution in [-0.2, 0) is 4.74 Å². The number of carbonyl (C=O) groups is 1. The van der Waals surface area contributed by atoms with Gasteiger partial charge < -0.3 is 14.4 Å². The molecule has 4 nitrogen and oxygen atoms in total. The molecule has 2 aromatic rings. The minimum atomic E-state index is -0.281. The van der Waals surface area contributed by atoms with E-state index >= 15 is 0 Å². The van der Waals surface area contributed by atoms with Gasteiger partial charge in [-0.1, -0.05) is 12.1 Å². The number of nitrogens with zero attached hydrogens (tertiary/aromatic N) is 1. The standard InChI is InChI=1S/C20H23NO3/c1-3-24-20(22)18-11-8-16(21-12-4-5-13-21)14-19(18)15-6-9-17(23-2)10-7-15/h6-11,14H,3-5,12-13H2,1-2H3. The van der Waals surface area contributed by atoms with E-state index in [0.29, 0.717) is 12.2 Å². The van der Waals surface area contributed by atoms with E-state index in [1.807, 2.05) is 43.3 Å². The van der Waals surface area contributed by atoms with Crippen LogP contribution in [0.15, 0.2) is 42.5 Å². The van der Waals surface area contributed by atoms with E-state index in [2.05, 4.69) is 11.0 Å². The Morgan fingerprint density at radius 3 is 2.42 bits per heavy atom. The van der Waals surface area contributed by atoms with Gasteiger partial charge in [-0.2, -0.15) is 0 Å². The topological polar surface area (TPSA) is 38.8 Å². The Morgan fingerprint density at radius 1 is 1.08 bits per heavy atom. The van der Waals surface area contributed by atoms with E-state index in [0.717, 1.165) is 35.7 Å². The van der Waals surface area contributed by atoms with Gasteiger partial charge in [0.05, 0.1) is 19.3 Å². The minimum Gasteiger partial charge on any atom is -0.497 e. The number of ether oxygens (including phenoxy) is 2. The lowest BCUT2D eigenvalue weighted by Crippen LogP contribution is -2.18. The van der Waals surface area contributed by atoms with Gasteiger partial charge in [0, 0.05) is 18.8 Å². The van der Waals surface area contributed by atoms with Gasteiger partial charge in [-0.25, -0.2) is 4.79 Å². The first-order valence-corrected chi connectivity index (χ1v) is 8.43. The third kappa shape index (κ3) is 3.37. The van der Waals surface area contributed by atoms with Crippen LogP contribution >= 0.6 is 0 Å². The van der Waals surface area contributed by atoms with E-state index in [-0.39, 0.29) is 5.97 Å². The number of methoxy groups -OCH3 is 1. The van der Waals surface area contributed by atoms with Crippen molar-refractivity contribution in [2.75, 3.05) is 31.7 Å². The van der Waals surface area contributed by atoms with Crippen molar-refractivity contribution in [3.63, 3.8) is 0 Å². The minimum absolute atomic E-state index is 0.281. The van der Waals surface area contributed by atoms with Gasteiger partial charge in [-0.3, -0.25) is 0 Å². The molecule has 0 radical (unpaired) electrons. The second-order valence-corrected chi connectivity index (χ2v) is 5.87.